The van der Waals surface area contributed by atoms with E-state index in [0.29, 0.717) is 5.95 Å². The molecular weight excluding hydrogens is 603 g/mol. The first kappa shape index (κ1) is 25.4. The van der Waals surface area contributed by atoms with Gasteiger partial charge in [0.25, 0.3) is 0 Å². The van der Waals surface area contributed by atoms with Gasteiger partial charge in [0.2, 0.25) is 5.95 Å². The van der Waals surface area contributed by atoms with Crippen LogP contribution in [0, 0.1) is 0 Å². The van der Waals surface area contributed by atoms with Crippen LogP contribution in [0.2, 0.25) is 0 Å². The number of aromatic nitrogens is 3. The zero-order valence-electron chi connectivity index (χ0n) is 25.9. The molecule has 0 spiro atoms. The van der Waals surface area contributed by atoms with Gasteiger partial charge in [-0.3, -0.25) is 4.57 Å². The zero-order valence-corrected chi connectivity index (χ0v) is 25.9. The van der Waals surface area contributed by atoms with Gasteiger partial charge in [-0.2, -0.15) is 0 Å². The fraction of sp³-hybridized carbons (Fsp3) is 0. The Morgan fingerprint density at radius 1 is 0.429 bits per heavy atom. The molecule has 0 unspecified atom stereocenters. The van der Waals surface area contributed by atoms with Crippen LogP contribution in [-0.2, 0) is 0 Å². The van der Waals surface area contributed by atoms with Crippen molar-refractivity contribution >= 4 is 98.1 Å². The van der Waals surface area contributed by atoms with E-state index in [1.165, 1.54) is 10.8 Å². The number of furan rings is 2. The number of fused-ring (bicyclic) bond motifs is 8. The summed E-state index contributed by atoms with van der Waals surface area (Å²) in [7, 11) is 0. The van der Waals surface area contributed by atoms with E-state index in [4.69, 9.17) is 18.8 Å². The molecule has 49 heavy (non-hydrogen) atoms. The van der Waals surface area contributed by atoms with Crippen molar-refractivity contribution in [3.63, 3.8) is 0 Å². The van der Waals surface area contributed by atoms with Crippen LogP contribution in [0.5, 0.6) is 0 Å². The summed E-state index contributed by atoms with van der Waals surface area (Å²) in [6.45, 7) is 0. The van der Waals surface area contributed by atoms with Crippen molar-refractivity contribution in [1.29, 1.82) is 0 Å². The maximum Gasteiger partial charge on any atom is 0.235 e. The van der Waals surface area contributed by atoms with E-state index in [2.05, 4.69) is 114 Å². The standard InChI is InChI=1S/C44H23N3O2/c1-2-11-24(12-3-1)41-29-16-6-8-18-32(29)45-44(46-41)47-33-21-22-36-40-37-28(17-10-20-35(37)48-36)25-13-4-5-14-26(25)30-23-31-27-15-7-9-19-34(27)49-43(31)42(47)38(30)39(33)40/h1-23H. The summed E-state index contributed by atoms with van der Waals surface area (Å²) in [6.07, 6.45) is 0. The first-order chi connectivity index (χ1) is 24.3. The van der Waals surface area contributed by atoms with E-state index >= 15 is 0 Å². The molecule has 226 valence electrons. The number of hydrogen-bond acceptors (Lipinski definition) is 4. The topological polar surface area (TPSA) is 57.0 Å². The van der Waals surface area contributed by atoms with Crippen LogP contribution in [0.25, 0.3) is 115 Å². The van der Waals surface area contributed by atoms with E-state index in [1.807, 2.05) is 30.3 Å². The van der Waals surface area contributed by atoms with Crippen LogP contribution in [0.3, 0.4) is 0 Å². The average Bonchev–Trinajstić information content (AvgIpc) is 3.83. The van der Waals surface area contributed by atoms with Crippen molar-refractivity contribution in [2.24, 2.45) is 0 Å². The predicted octanol–water partition coefficient (Wildman–Crippen LogP) is 11.9. The number of para-hydroxylation sites is 2. The summed E-state index contributed by atoms with van der Waals surface area (Å²) < 4.78 is 15.7. The molecule has 5 heteroatoms. The molecule has 0 fully saturated rings. The molecule has 0 bridgehead atoms. The predicted molar refractivity (Wildman–Crippen MR) is 200 cm³/mol. The number of rotatable bonds is 2. The lowest BCUT2D eigenvalue weighted by Gasteiger charge is -2.12. The van der Waals surface area contributed by atoms with E-state index in [9.17, 15) is 0 Å². The fourth-order valence-electron chi connectivity index (χ4n) is 8.34. The van der Waals surface area contributed by atoms with Crippen molar-refractivity contribution in [2.45, 2.75) is 0 Å². The second-order valence-electron chi connectivity index (χ2n) is 12.9. The molecule has 12 rings (SSSR count). The third-order valence-corrected chi connectivity index (χ3v) is 10.3. The van der Waals surface area contributed by atoms with Gasteiger partial charge in [-0.05, 0) is 57.9 Å². The van der Waals surface area contributed by atoms with Crippen LogP contribution in [0.4, 0.5) is 0 Å². The molecule has 4 heterocycles. The molecule has 0 aliphatic rings. The van der Waals surface area contributed by atoms with Crippen LogP contribution in [-0.4, -0.2) is 14.5 Å². The minimum Gasteiger partial charge on any atom is -0.456 e. The second-order valence-corrected chi connectivity index (χ2v) is 12.9. The van der Waals surface area contributed by atoms with Gasteiger partial charge in [0.1, 0.15) is 22.3 Å². The Morgan fingerprint density at radius 3 is 2.00 bits per heavy atom. The number of benzene rings is 7. The lowest BCUT2D eigenvalue weighted by molar-refractivity contribution is 0.669. The molecule has 0 amide bonds. The Balaban J connectivity index is 1.41. The van der Waals surface area contributed by atoms with Crippen molar-refractivity contribution in [3.8, 4) is 17.2 Å². The monoisotopic (exact) mass is 625 g/mol. The van der Waals surface area contributed by atoms with Crippen LogP contribution in [0.1, 0.15) is 0 Å². The van der Waals surface area contributed by atoms with Gasteiger partial charge in [-0.15, -0.1) is 0 Å². The lowest BCUT2D eigenvalue weighted by Crippen LogP contribution is -2.03. The molecule has 0 saturated heterocycles. The number of hydrogen-bond donors (Lipinski definition) is 0. The minimum atomic E-state index is 0.594. The Kier molecular flexibility index (Phi) is 4.66. The summed E-state index contributed by atoms with van der Waals surface area (Å²) in [5, 5.41) is 12.2. The van der Waals surface area contributed by atoms with E-state index in [-0.39, 0.29) is 0 Å². The highest BCUT2D eigenvalue weighted by molar-refractivity contribution is 6.40. The van der Waals surface area contributed by atoms with Gasteiger partial charge in [-0.1, -0.05) is 103 Å². The van der Waals surface area contributed by atoms with Crippen molar-refractivity contribution in [2.75, 3.05) is 0 Å². The van der Waals surface area contributed by atoms with Gasteiger partial charge in [0.15, 0.2) is 5.58 Å². The maximum absolute atomic E-state index is 6.84. The quantitative estimate of drug-likeness (QED) is 0.192. The molecule has 0 atom stereocenters. The molecule has 5 nitrogen and oxygen atoms in total. The lowest BCUT2D eigenvalue weighted by atomic mass is 9.93. The Hall–Kier alpha value is -6.72. The second kappa shape index (κ2) is 9.00. The molecular formula is C44H23N3O2. The Bertz CT molecular complexity index is 3330. The zero-order chi connectivity index (χ0) is 31.8. The van der Waals surface area contributed by atoms with Crippen molar-refractivity contribution in [3.05, 3.63) is 140 Å². The van der Waals surface area contributed by atoms with E-state index < -0.39 is 0 Å². The summed E-state index contributed by atoms with van der Waals surface area (Å²) in [5.74, 6) is 0.594. The Labute approximate surface area is 277 Å². The molecule has 0 saturated carbocycles. The number of nitrogens with zero attached hydrogens (tertiary/aromatic N) is 3. The van der Waals surface area contributed by atoms with Gasteiger partial charge >= 0.3 is 0 Å². The Morgan fingerprint density at radius 2 is 1.12 bits per heavy atom. The van der Waals surface area contributed by atoms with E-state index in [0.717, 1.165) is 98.6 Å². The van der Waals surface area contributed by atoms with E-state index in [1.54, 1.807) is 0 Å². The maximum atomic E-state index is 6.84. The molecule has 12 aromatic rings. The average molecular weight is 626 g/mol. The third-order valence-electron chi connectivity index (χ3n) is 10.3. The highest BCUT2D eigenvalue weighted by atomic mass is 16.3. The first-order valence-electron chi connectivity index (χ1n) is 16.5. The molecule has 4 aromatic heterocycles. The summed E-state index contributed by atoms with van der Waals surface area (Å²) in [4.78, 5) is 10.7. The van der Waals surface area contributed by atoms with Gasteiger partial charge in [-0.25, -0.2) is 9.97 Å². The summed E-state index contributed by atoms with van der Waals surface area (Å²) in [5.41, 5.74) is 8.15. The summed E-state index contributed by atoms with van der Waals surface area (Å²) in [6, 6.07) is 48.6. The van der Waals surface area contributed by atoms with Gasteiger partial charge in [0, 0.05) is 43.3 Å². The van der Waals surface area contributed by atoms with Crippen LogP contribution < -0.4 is 0 Å². The molecule has 0 radical (unpaired) electrons. The smallest absolute Gasteiger partial charge is 0.235 e. The highest BCUT2D eigenvalue weighted by Gasteiger charge is 2.27. The van der Waals surface area contributed by atoms with Crippen molar-refractivity contribution < 1.29 is 8.83 Å². The third kappa shape index (κ3) is 3.19. The van der Waals surface area contributed by atoms with Crippen LogP contribution >= 0.6 is 0 Å². The van der Waals surface area contributed by atoms with Gasteiger partial charge < -0.3 is 8.83 Å². The SMILES string of the molecule is c1ccc(-c2nc(-n3c4ccc5oc6cccc7c8ccccc8c8cc9c%10ccccc%10oc9c3c8c4c5c67)nc3ccccc23)cc1. The molecule has 0 aliphatic carbocycles. The largest absolute Gasteiger partial charge is 0.456 e. The minimum absolute atomic E-state index is 0.594. The summed E-state index contributed by atoms with van der Waals surface area (Å²) >= 11 is 0. The van der Waals surface area contributed by atoms with Crippen LogP contribution in [0.15, 0.2) is 148 Å². The first-order valence-corrected chi connectivity index (χ1v) is 16.5. The normalized spacial score (nSPS) is 12.5. The van der Waals surface area contributed by atoms with Crippen molar-refractivity contribution in [1.82, 2.24) is 14.5 Å². The molecule has 0 aliphatic heterocycles. The molecule has 0 N–H and O–H groups in total. The van der Waals surface area contributed by atoms with Gasteiger partial charge in [0.05, 0.1) is 16.7 Å². The highest BCUT2D eigenvalue weighted by Crippen LogP contribution is 2.49. The fourth-order valence-corrected chi connectivity index (χ4v) is 8.34. The molecule has 8 aromatic carbocycles.